The van der Waals surface area contributed by atoms with E-state index in [4.69, 9.17) is 0 Å². The zero-order valence-electron chi connectivity index (χ0n) is 7.48. The summed E-state index contributed by atoms with van der Waals surface area (Å²) in [6, 6.07) is 8.52. The van der Waals surface area contributed by atoms with Crippen LogP contribution in [0.15, 0.2) is 24.3 Å². The molecule has 1 aromatic carbocycles. The molecule has 0 heterocycles. The fourth-order valence-electron chi connectivity index (χ4n) is 0.869. The molecular weight excluding hydrogens is 453 g/mol. The molecule has 3 heteroatoms. The van der Waals surface area contributed by atoms with Gasteiger partial charge in [-0.1, -0.05) is 19.8 Å². The Morgan fingerprint density at radius 3 is 1.83 bits per heavy atom. The van der Waals surface area contributed by atoms with E-state index in [2.05, 4.69) is 31.2 Å². The molecule has 0 aliphatic carbocycles. The summed E-state index contributed by atoms with van der Waals surface area (Å²) < 4.78 is 0. The Kier molecular flexibility index (Phi) is 29.7. The summed E-state index contributed by atoms with van der Waals surface area (Å²) in [6.07, 6.45) is 2.48. The molecule has 0 amide bonds. The van der Waals surface area contributed by atoms with Gasteiger partial charge in [0.15, 0.2) is 0 Å². The number of rotatable bonds is 2. The Hall–Kier alpha value is 1.69. The summed E-state index contributed by atoms with van der Waals surface area (Å²) in [5.74, 6) is 0. The van der Waals surface area contributed by atoms with Gasteiger partial charge in [-0.05, 0) is 0 Å². The molecule has 0 radical (unpaired) electrons. The summed E-state index contributed by atoms with van der Waals surface area (Å²) in [5, 5.41) is 0. The molecule has 0 fully saturated rings. The minimum atomic E-state index is 0. The van der Waals surface area contributed by atoms with Crippen molar-refractivity contribution in [1.29, 1.82) is 0 Å². The Bertz CT molecular complexity index is 138. The van der Waals surface area contributed by atoms with Crippen LogP contribution in [-0.2, 0) is 32.6 Å². The van der Waals surface area contributed by atoms with Gasteiger partial charge >= 0.3 is 26.2 Å². The first kappa shape index (κ1) is 23.5. The molecule has 0 saturated heterocycles. The maximum Gasteiger partial charge on any atom is 4.00 e. The van der Waals surface area contributed by atoms with E-state index in [-0.39, 0.29) is 81.6 Å². The molecule has 0 saturated carbocycles. The minimum Gasteiger partial charge on any atom is -1.00 e. The molecule has 0 spiro atoms. The quantitative estimate of drug-likeness (QED) is 0.318. The third-order valence-corrected chi connectivity index (χ3v) is 1.27. The maximum absolute atomic E-state index is 2.20. The van der Waals surface area contributed by atoms with Crippen LogP contribution in [0.1, 0.15) is 18.9 Å². The van der Waals surface area contributed by atoms with Gasteiger partial charge in [0.1, 0.15) is 0 Å². The predicted octanol–water partition coefficient (Wildman–Crippen LogP) is -3.19. The summed E-state index contributed by atoms with van der Waals surface area (Å²) in [5.41, 5.74) is 1.47. The second kappa shape index (κ2) is 15.2. The molecular formula is C9H14I2Zr. The van der Waals surface area contributed by atoms with Crippen LogP contribution < -0.4 is 48.0 Å². The number of aryl methyl sites for hydroxylation is 1. The molecule has 12 heavy (non-hydrogen) atoms. The normalized spacial score (nSPS) is 6.42. The van der Waals surface area contributed by atoms with E-state index in [0.717, 1.165) is 0 Å². The van der Waals surface area contributed by atoms with Crippen LogP contribution >= 0.6 is 0 Å². The van der Waals surface area contributed by atoms with E-state index in [1.54, 1.807) is 0 Å². The van der Waals surface area contributed by atoms with E-state index in [1.807, 2.05) is 0 Å². The first-order valence-corrected chi connectivity index (χ1v) is 3.14. The number of halogens is 2. The average molecular weight is 467 g/mol. The van der Waals surface area contributed by atoms with Crippen molar-refractivity contribution in [2.45, 2.75) is 19.8 Å². The smallest absolute Gasteiger partial charge is 1.00 e. The molecule has 0 aliphatic heterocycles. The van der Waals surface area contributed by atoms with Crippen LogP contribution in [0.4, 0.5) is 0 Å². The van der Waals surface area contributed by atoms with E-state index >= 15 is 0 Å². The standard InChI is InChI=1S/C8H11.CH3.2HI.Zr/c1-2-5-8-6-3-4-7-8;;;;/h3-4,6-7H,2,5H2,1H3;1H3;2*1H;/q2*-1;;;+4/p-2. The largest absolute Gasteiger partial charge is 4.00 e. The third-order valence-electron chi connectivity index (χ3n) is 1.27. The first-order valence-electron chi connectivity index (χ1n) is 3.14. The molecule has 0 nitrogen and oxygen atoms in total. The number of hydrogen-bond donors (Lipinski definition) is 0. The minimum absolute atomic E-state index is 0. The van der Waals surface area contributed by atoms with Crippen molar-refractivity contribution in [3.8, 4) is 0 Å². The van der Waals surface area contributed by atoms with E-state index in [9.17, 15) is 0 Å². The van der Waals surface area contributed by atoms with Crippen molar-refractivity contribution in [2.75, 3.05) is 0 Å². The molecule has 0 aliphatic rings. The van der Waals surface area contributed by atoms with Crippen molar-refractivity contribution >= 4 is 0 Å². The van der Waals surface area contributed by atoms with E-state index in [1.165, 1.54) is 18.4 Å². The van der Waals surface area contributed by atoms with Gasteiger partial charge in [0.2, 0.25) is 0 Å². The van der Waals surface area contributed by atoms with Gasteiger partial charge in [0.25, 0.3) is 0 Å². The Morgan fingerprint density at radius 2 is 1.50 bits per heavy atom. The summed E-state index contributed by atoms with van der Waals surface area (Å²) in [4.78, 5) is 0. The van der Waals surface area contributed by atoms with Gasteiger partial charge < -0.3 is 55.4 Å². The van der Waals surface area contributed by atoms with Crippen molar-refractivity contribution < 1.29 is 74.2 Å². The Labute approximate surface area is 129 Å². The molecule has 0 atom stereocenters. The van der Waals surface area contributed by atoms with Gasteiger partial charge in [0.05, 0.1) is 0 Å². The van der Waals surface area contributed by atoms with Crippen LogP contribution in [0.2, 0.25) is 0 Å². The SMILES string of the molecule is CCC[c-]1cccc1.[CH3-].[I-].[I-].[Zr+4]. The van der Waals surface area contributed by atoms with Crippen molar-refractivity contribution in [1.82, 2.24) is 0 Å². The van der Waals surface area contributed by atoms with Gasteiger partial charge in [-0.3, -0.25) is 0 Å². The fraction of sp³-hybridized carbons (Fsp3) is 0.333. The average Bonchev–Trinajstić information content (AvgIpc) is 2.19. The van der Waals surface area contributed by atoms with Gasteiger partial charge in [-0.25, -0.2) is 12.1 Å². The third kappa shape index (κ3) is 9.78. The molecule has 0 unspecified atom stereocenters. The van der Waals surface area contributed by atoms with Crippen molar-refractivity contribution in [3.63, 3.8) is 0 Å². The topological polar surface area (TPSA) is 0 Å². The second-order valence-electron chi connectivity index (χ2n) is 2.04. The number of hydrogen-bond acceptors (Lipinski definition) is 0. The van der Waals surface area contributed by atoms with Crippen LogP contribution in [0.25, 0.3) is 0 Å². The van der Waals surface area contributed by atoms with Crippen molar-refractivity contribution in [2.24, 2.45) is 0 Å². The fourth-order valence-corrected chi connectivity index (χ4v) is 0.869. The van der Waals surface area contributed by atoms with Crippen LogP contribution in [-0.4, -0.2) is 0 Å². The predicted molar refractivity (Wildman–Crippen MR) is 42.4 cm³/mol. The van der Waals surface area contributed by atoms with Gasteiger partial charge in [0, 0.05) is 0 Å². The van der Waals surface area contributed by atoms with Gasteiger partial charge in [-0.2, -0.15) is 17.7 Å². The van der Waals surface area contributed by atoms with Gasteiger partial charge in [-0.15, -0.1) is 0 Å². The second-order valence-corrected chi connectivity index (χ2v) is 2.04. The van der Waals surface area contributed by atoms with Crippen LogP contribution in [0.5, 0.6) is 0 Å². The molecule has 1 aromatic rings. The molecule has 1 rings (SSSR count). The summed E-state index contributed by atoms with van der Waals surface area (Å²) in [6.45, 7) is 2.20. The Balaban J connectivity index is -0.0000000800. The first-order chi connectivity index (χ1) is 3.93. The molecule has 0 N–H and O–H groups in total. The van der Waals surface area contributed by atoms with E-state index in [0.29, 0.717) is 0 Å². The van der Waals surface area contributed by atoms with Crippen LogP contribution in [0.3, 0.4) is 0 Å². The summed E-state index contributed by atoms with van der Waals surface area (Å²) >= 11 is 0. The zero-order chi connectivity index (χ0) is 5.82. The Morgan fingerprint density at radius 1 is 1.08 bits per heavy atom. The van der Waals surface area contributed by atoms with Crippen molar-refractivity contribution in [3.05, 3.63) is 37.3 Å². The monoisotopic (exact) mass is 466 g/mol. The molecule has 0 aromatic heterocycles. The van der Waals surface area contributed by atoms with E-state index < -0.39 is 0 Å². The van der Waals surface area contributed by atoms with Crippen LogP contribution in [0, 0.1) is 7.43 Å². The molecule has 0 bridgehead atoms. The maximum atomic E-state index is 2.20. The summed E-state index contributed by atoms with van der Waals surface area (Å²) in [7, 11) is 0. The zero-order valence-corrected chi connectivity index (χ0v) is 14.3. The molecule has 68 valence electrons.